The van der Waals surface area contributed by atoms with Crippen molar-refractivity contribution in [2.75, 3.05) is 0 Å². The molecule has 0 saturated carbocycles. The zero-order valence-corrected chi connectivity index (χ0v) is 12.6. The van der Waals surface area contributed by atoms with E-state index in [0.717, 1.165) is 28.5 Å². The molecular weight excluding hydrogens is 270 g/mol. The molecule has 0 saturated heterocycles. The highest BCUT2D eigenvalue weighted by Crippen LogP contribution is 2.19. The van der Waals surface area contributed by atoms with Gasteiger partial charge in [0.15, 0.2) is 5.65 Å². The summed E-state index contributed by atoms with van der Waals surface area (Å²) in [4.78, 5) is 10.0. The fourth-order valence-corrected chi connectivity index (χ4v) is 2.86. The molecule has 0 aliphatic carbocycles. The molecule has 3 aromatic rings. The van der Waals surface area contributed by atoms with Crippen LogP contribution in [0.25, 0.3) is 5.65 Å². The maximum Gasteiger partial charge on any atom is 0.155 e. The van der Waals surface area contributed by atoms with Gasteiger partial charge in [-0.05, 0) is 20.8 Å². The van der Waals surface area contributed by atoms with Crippen molar-refractivity contribution in [3.8, 4) is 0 Å². The van der Waals surface area contributed by atoms with Crippen LogP contribution in [0.4, 0.5) is 0 Å². The van der Waals surface area contributed by atoms with Crippen LogP contribution in [0.1, 0.15) is 34.1 Å². The van der Waals surface area contributed by atoms with Gasteiger partial charge >= 0.3 is 0 Å². The van der Waals surface area contributed by atoms with Gasteiger partial charge in [-0.2, -0.15) is 5.10 Å². The Morgan fingerprint density at radius 2 is 2.15 bits per heavy atom. The maximum absolute atomic E-state index is 4.40. The van der Waals surface area contributed by atoms with Crippen LogP contribution in [0.5, 0.6) is 0 Å². The molecule has 0 amide bonds. The normalized spacial score (nSPS) is 12.9. The summed E-state index contributed by atoms with van der Waals surface area (Å²) in [5, 5.41) is 8.96. The second kappa shape index (κ2) is 5.30. The van der Waals surface area contributed by atoms with Crippen molar-refractivity contribution in [3.05, 3.63) is 45.8 Å². The van der Waals surface area contributed by atoms with Crippen molar-refractivity contribution in [3.63, 3.8) is 0 Å². The zero-order chi connectivity index (χ0) is 14.1. The van der Waals surface area contributed by atoms with E-state index in [1.807, 2.05) is 36.1 Å². The van der Waals surface area contributed by atoms with E-state index in [4.69, 9.17) is 0 Å². The van der Waals surface area contributed by atoms with Crippen molar-refractivity contribution in [2.24, 2.45) is 0 Å². The number of fused-ring (bicyclic) bond motifs is 1. The summed E-state index contributed by atoms with van der Waals surface area (Å²) < 4.78 is 1.82. The van der Waals surface area contributed by atoms with Gasteiger partial charge in [-0.3, -0.25) is 0 Å². The van der Waals surface area contributed by atoms with Gasteiger partial charge in [0, 0.05) is 41.6 Å². The van der Waals surface area contributed by atoms with Crippen LogP contribution in [0.3, 0.4) is 0 Å². The lowest BCUT2D eigenvalue weighted by Crippen LogP contribution is -2.18. The molecule has 0 fully saturated rings. The first-order valence-electron chi connectivity index (χ1n) is 6.58. The van der Waals surface area contributed by atoms with Crippen LogP contribution < -0.4 is 5.32 Å². The van der Waals surface area contributed by atoms with Gasteiger partial charge in [-0.15, -0.1) is 11.3 Å². The number of nitrogens with one attached hydrogen (secondary N) is 1. The number of thiazole rings is 1. The summed E-state index contributed by atoms with van der Waals surface area (Å²) >= 11 is 1.73. The molecular formula is C14H17N5S. The first kappa shape index (κ1) is 13.2. The van der Waals surface area contributed by atoms with Crippen molar-refractivity contribution in [1.82, 2.24) is 24.9 Å². The molecule has 20 heavy (non-hydrogen) atoms. The Hall–Kier alpha value is -1.79. The van der Waals surface area contributed by atoms with E-state index in [2.05, 4.69) is 34.2 Å². The van der Waals surface area contributed by atoms with Gasteiger partial charge in [0.2, 0.25) is 0 Å². The molecule has 6 heteroatoms. The molecule has 1 N–H and O–H groups in total. The number of aromatic nitrogens is 4. The summed E-state index contributed by atoms with van der Waals surface area (Å²) in [6, 6.07) is 2.21. The molecule has 3 heterocycles. The van der Waals surface area contributed by atoms with Crippen molar-refractivity contribution >= 4 is 17.0 Å². The van der Waals surface area contributed by atoms with E-state index in [0.29, 0.717) is 0 Å². The van der Waals surface area contributed by atoms with Gasteiger partial charge in [0.1, 0.15) is 5.01 Å². The molecule has 0 radical (unpaired) electrons. The smallest absolute Gasteiger partial charge is 0.155 e. The van der Waals surface area contributed by atoms with Crippen LogP contribution >= 0.6 is 11.3 Å². The first-order chi connectivity index (χ1) is 9.61. The third-order valence-electron chi connectivity index (χ3n) is 3.11. The third-order valence-corrected chi connectivity index (χ3v) is 4.21. The zero-order valence-electron chi connectivity index (χ0n) is 11.8. The van der Waals surface area contributed by atoms with E-state index in [1.54, 1.807) is 11.3 Å². The second-order valence-corrected chi connectivity index (χ2v) is 6.23. The molecule has 5 nitrogen and oxygen atoms in total. The van der Waals surface area contributed by atoms with Crippen LogP contribution in [-0.4, -0.2) is 19.6 Å². The van der Waals surface area contributed by atoms with Crippen LogP contribution in [0.15, 0.2) is 24.7 Å². The van der Waals surface area contributed by atoms with E-state index in [9.17, 15) is 0 Å². The highest BCUT2D eigenvalue weighted by Gasteiger charge is 2.09. The number of hydrogen-bond acceptors (Lipinski definition) is 5. The van der Waals surface area contributed by atoms with Gasteiger partial charge in [0.05, 0.1) is 11.7 Å². The Morgan fingerprint density at radius 1 is 1.30 bits per heavy atom. The third kappa shape index (κ3) is 2.71. The second-order valence-electron chi connectivity index (χ2n) is 4.96. The largest absolute Gasteiger partial charge is 0.304 e. The summed E-state index contributed by atoms with van der Waals surface area (Å²) in [6.07, 6.45) is 5.82. The Morgan fingerprint density at radius 3 is 2.90 bits per heavy atom. The standard InChI is InChI=1S/C14H17N5S/c1-9-4-13-16-7-12(8-19(13)18-9)6-15-11(3)14-17-5-10(2)20-14/h4-5,7-8,11,15H,6H2,1-3H3. The quantitative estimate of drug-likeness (QED) is 0.801. The molecule has 3 aromatic heterocycles. The van der Waals surface area contributed by atoms with Gasteiger partial charge in [-0.1, -0.05) is 0 Å². The molecule has 104 valence electrons. The molecule has 3 rings (SSSR count). The molecule has 1 unspecified atom stereocenters. The van der Waals surface area contributed by atoms with Crippen LogP contribution in [-0.2, 0) is 6.54 Å². The molecule has 0 aromatic carbocycles. The lowest BCUT2D eigenvalue weighted by Gasteiger charge is -2.10. The minimum Gasteiger partial charge on any atom is -0.304 e. The van der Waals surface area contributed by atoms with Crippen molar-refractivity contribution in [2.45, 2.75) is 33.4 Å². The average molecular weight is 287 g/mol. The Balaban J connectivity index is 1.70. The lowest BCUT2D eigenvalue weighted by atomic mass is 10.3. The summed E-state index contributed by atoms with van der Waals surface area (Å²) in [5.74, 6) is 0. The molecule has 1 atom stereocenters. The van der Waals surface area contributed by atoms with Gasteiger partial charge in [-0.25, -0.2) is 14.5 Å². The lowest BCUT2D eigenvalue weighted by molar-refractivity contribution is 0.569. The van der Waals surface area contributed by atoms with Gasteiger partial charge in [0.25, 0.3) is 0 Å². The van der Waals surface area contributed by atoms with E-state index < -0.39 is 0 Å². The Bertz CT molecular complexity index is 730. The highest BCUT2D eigenvalue weighted by molar-refractivity contribution is 7.11. The van der Waals surface area contributed by atoms with E-state index in [-0.39, 0.29) is 6.04 Å². The van der Waals surface area contributed by atoms with Crippen LogP contribution in [0, 0.1) is 13.8 Å². The number of nitrogens with zero attached hydrogens (tertiary/aromatic N) is 4. The monoisotopic (exact) mass is 287 g/mol. The SMILES string of the molecule is Cc1cc2ncc(CNC(C)c3ncc(C)s3)cn2n1. The fraction of sp³-hybridized carbons (Fsp3) is 0.357. The molecule has 0 spiro atoms. The number of rotatable bonds is 4. The van der Waals surface area contributed by atoms with Crippen LogP contribution in [0.2, 0.25) is 0 Å². The fourth-order valence-electron chi connectivity index (χ4n) is 2.06. The predicted octanol–water partition coefficient (Wildman–Crippen LogP) is 2.65. The topological polar surface area (TPSA) is 55.1 Å². The summed E-state index contributed by atoms with van der Waals surface area (Å²) in [5.41, 5.74) is 2.98. The van der Waals surface area contributed by atoms with Crippen molar-refractivity contribution < 1.29 is 0 Å². The first-order valence-corrected chi connectivity index (χ1v) is 7.40. The average Bonchev–Trinajstić information content (AvgIpc) is 3.00. The molecule has 0 aliphatic rings. The highest BCUT2D eigenvalue weighted by atomic mass is 32.1. The minimum atomic E-state index is 0.240. The molecule has 0 aliphatic heterocycles. The van der Waals surface area contributed by atoms with Gasteiger partial charge < -0.3 is 5.32 Å². The van der Waals surface area contributed by atoms with Crippen molar-refractivity contribution in [1.29, 1.82) is 0 Å². The predicted molar refractivity (Wildman–Crippen MR) is 79.8 cm³/mol. The number of aryl methyl sites for hydroxylation is 2. The summed E-state index contributed by atoms with van der Waals surface area (Å²) in [7, 11) is 0. The number of hydrogen-bond donors (Lipinski definition) is 1. The minimum absolute atomic E-state index is 0.240. The Labute approximate surface area is 121 Å². The summed E-state index contributed by atoms with van der Waals surface area (Å²) in [6.45, 7) is 6.93. The Kier molecular flexibility index (Phi) is 3.50. The van der Waals surface area contributed by atoms with E-state index in [1.165, 1.54) is 4.88 Å². The molecule has 0 bridgehead atoms. The van der Waals surface area contributed by atoms with E-state index >= 15 is 0 Å². The maximum atomic E-state index is 4.40.